The van der Waals surface area contributed by atoms with Gasteiger partial charge in [-0.25, -0.2) is 4.68 Å². The van der Waals surface area contributed by atoms with Gasteiger partial charge in [0.1, 0.15) is 0 Å². The minimum atomic E-state index is 0.504. The lowest BCUT2D eigenvalue weighted by Crippen LogP contribution is -2.11. The number of nitrogens with zero attached hydrogens (tertiary/aromatic N) is 3. The largest absolute Gasteiger partial charge is 0.335 e. The van der Waals surface area contributed by atoms with Crippen molar-refractivity contribution in [2.75, 3.05) is 11.6 Å². The molecule has 0 unspecified atom stereocenters. The number of nitrogen functional groups attached to an aromatic ring is 1. The maximum atomic E-state index is 6.09. The molecule has 0 saturated heterocycles. The molecule has 90 valence electrons. The summed E-state index contributed by atoms with van der Waals surface area (Å²) in [7, 11) is 0. The summed E-state index contributed by atoms with van der Waals surface area (Å²) < 4.78 is 1.43. The van der Waals surface area contributed by atoms with E-state index in [1.54, 1.807) is 18.2 Å². The molecule has 2 rings (SSSR count). The molecule has 0 radical (unpaired) electrons. The average molecular weight is 289 g/mol. The third-order valence-electron chi connectivity index (χ3n) is 2.11. The van der Waals surface area contributed by atoms with E-state index in [-0.39, 0.29) is 0 Å². The van der Waals surface area contributed by atoms with Crippen molar-refractivity contribution >= 4 is 35.0 Å². The highest BCUT2D eigenvalue weighted by Gasteiger charge is 2.14. The highest BCUT2D eigenvalue weighted by Crippen LogP contribution is 2.29. The van der Waals surface area contributed by atoms with Crippen LogP contribution in [-0.2, 0) is 0 Å². The van der Waals surface area contributed by atoms with Crippen LogP contribution in [0.2, 0.25) is 10.0 Å². The maximum absolute atomic E-state index is 6.09. The molecule has 0 fully saturated rings. The van der Waals surface area contributed by atoms with E-state index >= 15 is 0 Å². The zero-order valence-electron chi connectivity index (χ0n) is 9.02. The van der Waals surface area contributed by atoms with Gasteiger partial charge in [0.2, 0.25) is 5.16 Å². The van der Waals surface area contributed by atoms with Crippen molar-refractivity contribution in [2.45, 2.75) is 12.1 Å². The molecule has 0 aliphatic carbocycles. The van der Waals surface area contributed by atoms with Crippen molar-refractivity contribution in [3.63, 3.8) is 0 Å². The van der Waals surface area contributed by atoms with Gasteiger partial charge in [-0.15, -0.1) is 10.2 Å². The van der Waals surface area contributed by atoms with Crippen LogP contribution in [0.3, 0.4) is 0 Å². The minimum absolute atomic E-state index is 0.504. The van der Waals surface area contributed by atoms with Crippen LogP contribution in [0.25, 0.3) is 11.4 Å². The molecule has 0 bridgehead atoms. The summed E-state index contributed by atoms with van der Waals surface area (Å²) in [6.07, 6.45) is 0. The fourth-order valence-electron chi connectivity index (χ4n) is 1.36. The molecule has 2 aromatic rings. The summed E-state index contributed by atoms with van der Waals surface area (Å²) in [5, 5.41) is 9.78. The van der Waals surface area contributed by atoms with E-state index in [1.807, 2.05) is 6.92 Å². The SMILES string of the molecule is CCSc1nnc(-c2ccc(Cl)cc2Cl)n1N. The van der Waals surface area contributed by atoms with Crippen molar-refractivity contribution in [1.29, 1.82) is 0 Å². The summed E-state index contributed by atoms with van der Waals surface area (Å²) in [4.78, 5) is 0. The van der Waals surface area contributed by atoms with Crippen molar-refractivity contribution in [1.82, 2.24) is 14.9 Å². The predicted molar refractivity (Wildman–Crippen MR) is 72.0 cm³/mol. The Morgan fingerprint density at radius 2 is 2.12 bits per heavy atom. The summed E-state index contributed by atoms with van der Waals surface area (Å²) >= 11 is 13.5. The van der Waals surface area contributed by atoms with Crippen LogP contribution in [0.1, 0.15) is 6.92 Å². The molecule has 17 heavy (non-hydrogen) atoms. The van der Waals surface area contributed by atoms with Crippen LogP contribution in [0.5, 0.6) is 0 Å². The Bertz CT molecular complexity index is 541. The number of hydrogen-bond acceptors (Lipinski definition) is 4. The van der Waals surface area contributed by atoms with Gasteiger partial charge in [0, 0.05) is 10.6 Å². The zero-order chi connectivity index (χ0) is 12.4. The molecule has 0 spiro atoms. The van der Waals surface area contributed by atoms with Gasteiger partial charge in [0.05, 0.1) is 5.02 Å². The van der Waals surface area contributed by atoms with Gasteiger partial charge in [-0.2, -0.15) is 0 Å². The Labute approximate surface area is 113 Å². The lowest BCUT2D eigenvalue weighted by Gasteiger charge is -2.04. The quantitative estimate of drug-likeness (QED) is 0.697. The second kappa shape index (κ2) is 5.16. The van der Waals surface area contributed by atoms with Crippen molar-refractivity contribution in [2.24, 2.45) is 0 Å². The van der Waals surface area contributed by atoms with Gasteiger partial charge in [0.15, 0.2) is 5.82 Å². The third-order valence-corrected chi connectivity index (χ3v) is 3.48. The Balaban J connectivity index is 2.46. The molecule has 2 N–H and O–H groups in total. The Hall–Kier alpha value is -0.910. The Morgan fingerprint density at radius 3 is 2.76 bits per heavy atom. The molecule has 0 aliphatic rings. The Kier molecular flexibility index (Phi) is 3.81. The first-order chi connectivity index (χ1) is 8.13. The lowest BCUT2D eigenvalue weighted by atomic mass is 10.2. The van der Waals surface area contributed by atoms with Gasteiger partial charge in [-0.05, 0) is 24.0 Å². The maximum Gasteiger partial charge on any atom is 0.210 e. The fraction of sp³-hybridized carbons (Fsp3) is 0.200. The standard InChI is InChI=1S/C10H10Cl2N4S/c1-2-17-10-15-14-9(16(10)13)7-4-3-6(11)5-8(7)12/h3-5H,2,13H2,1H3. The minimum Gasteiger partial charge on any atom is -0.335 e. The summed E-state index contributed by atoms with van der Waals surface area (Å²) in [6, 6.07) is 5.17. The van der Waals surface area contributed by atoms with Gasteiger partial charge < -0.3 is 5.84 Å². The van der Waals surface area contributed by atoms with E-state index in [0.29, 0.717) is 26.6 Å². The van der Waals surface area contributed by atoms with Crippen LogP contribution >= 0.6 is 35.0 Å². The van der Waals surface area contributed by atoms with E-state index in [0.717, 1.165) is 5.75 Å². The van der Waals surface area contributed by atoms with Crippen LogP contribution < -0.4 is 5.84 Å². The molecule has 1 heterocycles. The lowest BCUT2D eigenvalue weighted by molar-refractivity contribution is 0.850. The smallest absolute Gasteiger partial charge is 0.210 e. The second-order valence-electron chi connectivity index (χ2n) is 3.23. The molecular formula is C10H10Cl2N4S. The monoisotopic (exact) mass is 288 g/mol. The van der Waals surface area contributed by atoms with E-state index in [4.69, 9.17) is 29.0 Å². The molecule has 1 aromatic carbocycles. The molecule has 4 nitrogen and oxygen atoms in total. The van der Waals surface area contributed by atoms with E-state index in [1.165, 1.54) is 16.4 Å². The number of thioether (sulfide) groups is 1. The van der Waals surface area contributed by atoms with Crippen LogP contribution in [-0.4, -0.2) is 20.6 Å². The molecule has 0 saturated carbocycles. The zero-order valence-corrected chi connectivity index (χ0v) is 11.4. The number of rotatable bonds is 3. The summed E-state index contributed by atoms with van der Waals surface area (Å²) in [5.41, 5.74) is 0.717. The first-order valence-electron chi connectivity index (χ1n) is 4.92. The van der Waals surface area contributed by atoms with Gasteiger partial charge in [-0.1, -0.05) is 41.9 Å². The highest BCUT2D eigenvalue weighted by atomic mass is 35.5. The van der Waals surface area contributed by atoms with E-state index in [9.17, 15) is 0 Å². The molecule has 0 amide bonds. The normalized spacial score (nSPS) is 10.8. The van der Waals surface area contributed by atoms with Crippen molar-refractivity contribution in [3.8, 4) is 11.4 Å². The number of benzene rings is 1. The number of hydrogen-bond donors (Lipinski definition) is 1. The summed E-state index contributed by atoms with van der Waals surface area (Å²) in [5.74, 6) is 7.32. The number of aromatic nitrogens is 3. The van der Waals surface area contributed by atoms with Gasteiger partial charge in [-0.3, -0.25) is 0 Å². The topological polar surface area (TPSA) is 56.7 Å². The van der Waals surface area contributed by atoms with Gasteiger partial charge in [0.25, 0.3) is 0 Å². The molecule has 1 aromatic heterocycles. The van der Waals surface area contributed by atoms with Gasteiger partial charge >= 0.3 is 0 Å². The molecule has 0 aliphatic heterocycles. The number of halogens is 2. The van der Waals surface area contributed by atoms with Crippen molar-refractivity contribution < 1.29 is 0 Å². The first-order valence-corrected chi connectivity index (χ1v) is 6.66. The molecule has 7 heteroatoms. The predicted octanol–water partition coefficient (Wildman–Crippen LogP) is 3.08. The third kappa shape index (κ3) is 2.51. The Morgan fingerprint density at radius 1 is 1.35 bits per heavy atom. The fourth-order valence-corrected chi connectivity index (χ4v) is 2.43. The van der Waals surface area contributed by atoms with Crippen LogP contribution in [0.15, 0.2) is 23.4 Å². The van der Waals surface area contributed by atoms with E-state index in [2.05, 4.69) is 10.2 Å². The van der Waals surface area contributed by atoms with Crippen LogP contribution in [0, 0.1) is 0 Å². The number of nitrogens with two attached hydrogens (primary N) is 1. The van der Waals surface area contributed by atoms with Crippen molar-refractivity contribution in [3.05, 3.63) is 28.2 Å². The summed E-state index contributed by atoms with van der Waals surface area (Å²) in [6.45, 7) is 2.02. The molecular weight excluding hydrogens is 279 g/mol. The van der Waals surface area contributed by atoms with Crippen LogP contribution in [0.4, 0.5) is 0 Å². The molecule has 0 atom stereocenters. The second-order valence-corrected chi connectivity index (χ2v) is 5.31. The average Bonchev–Trinajstić information content (AvgIpc) is 2.62. The highest BCUT2D eigenvalue weighted by molar-refractivity contribution is 7.99. The first kappa shape index (κ1) is 12.5. The van der Waals surface area contributed by atoms with E-state index < -0.39 is 0 Å².